The number of rotatable bonds is 3. The van der Waals surface area contributed by atoms with Gasteiger partial charge in [-0.25, -0.2) is 4.98 Å². The molecular formula is C14H16N2O2. The Morgan fingerprint density at radius 2 is 1.78 bits per heavy atom. The number of ketones is 1. The van der Waals surface area contributed by atoms with Crippen molar-refractivity contribution in [2.75, 3.05) is 0 Å². The van der Waals surface area contributed by atoms with Gasteiger partial charge < -0.3 is 4.74 Å². The van der Waals surface area contributed by atoms with Crippen molar-refractivity contribution in [3.05, 3.63) is 48.4 Å². The third-order valence-corrected chi connectivity index (χ3v) is 2.01. The number of pyridine rings is 2. The Balaban J connectivity index is 0.000000771. The summed E-state index contributed by atoms with van der Waals surface area (Å²) in [5.41, 5.74) is 0.582. The Bertz CT molecular complexity index is 498. The number of ether oxygens (including phenoxy) is 1. The number of hydrogen-bond donors (Lipinski definition) is 0. The van der Waals surface area contributed by atoms with Crippen molar-refractivity contribution in [3.63, 3.8) is 0 Å². The van der Waals surface area contributed by atoms with Gasteiger partial charge in [-0.1, -0.05) is 13.8 Å². The molecule has 0 saturated carbocycles. The van der Waals surface area contributed by atoms with Crippen molar-refractivity contribution in [2.24, 2.45) is 0 Å². The van der Waals surface area contributed by atoms with E-state index in [2.05, 4.69) is 9.97 Å². The molecule has 0 aliphatic heterocycles. The first-order chi connectivity index (χ1) is 8.75. The van der Waals surface area contributed by atoms with Crippen molar-refractivity contribution < 1.29 is 9.53 Å². The number of Topliss-reactive ketones (excluding diaryl/α,β-unsaturated/α-hetero) is 1. The quantitative estimate of drug-likeness (QED) is 0.775. The first-order valence-electron chi connectivity index (χ1n) is 5.80. The van der Waals surface area contributed by atoms with Crippen LogP contribution < -0.4 is 4.74 Å². The van der Waals surface area contributed by atoms with E-state index in [0.29, 0.717) is 17.2 Å². The molecule has 0 atom stereocenters. The van der Waals surface area contributed by atoms with Gasteiger partial charge in [-0.15, -0.1) is 0 Å². The topological polar surface area (TPSA) is 52.1 Å². The van der Waals surface area contributed by atoms with Gasteiger partial charge in [0.25, 0.3) is 0 Å². The highest BCUT2D eigenvalue weighted by molar-refractivity contribution is 5.94. The van der Waals surface area contributed by atoms with Gasteiger partial charge in [0.05, 0.1) is 0 Å². The SMILES string of the molecule is CC.CC(=O)c1ccnc(Oc2ccncc2)c1. The van der Waals surface area contributed by atoms with Gasteiger partial charge in [0.2, 0.25) is 5.88 Å². The van der Waals surface area contributed by atoms with Crippen LogP contribution in [0.3, 0.4) is 0 Å². The van der Waals surface area contributed by atoms with Crippen molar-refractivity contribution in [3.8, 4) is 11.6 Å². The Kier molecular flexibility index (Phi) is 5.51. The molecule has 0 aromatic carbocycles. The van der Waals surface area contributed by atoms with Gasteiger partial charge >= 0.3 is 0 Å². The fourth-order valence-corrected chi connectivity index (χ4v) is 1.21. The summed E-state index contributed by atoms with van der Waals surface area (Å²) in [5, 5.41) is 0. The lowest BCUT2D eigenvalue weighted by Crippen LogP contribution is -1.94. The van der Waals surface area contributed by atoms with Gasteiger partial charge in [-0.05, 0) is 25.1 Å². The molecule has 2 rings (SSSR count). The zero-order valence-corrected chi connectivity index (χ0v) is 10.8. The summed E-state index contributed by atoms with van der Waals surface area (Å²) >= 11 is 0. The zero-order chi connectivity index (χ0) is 13.4. The van der Waals surface area contributed by atoms with E-state index in [1.54, 1.807) is 42.9 Å². The molecule has 0 fully saturated rings. The predicted octanol–water partition coefficient (Wildman–Crippen LogP) is 3.50. The van der Waals surface area contributed by atoms with Gasteiger partial charge in [0, 0.05) is 30.2 Å². The Hall–Kier alpha value is -2.23. The summed E-state index contributed by atoms with van der Waals surface area (Å²) in [5.74, 6) is 1.03. The van der Waals surface area contributed by atoms with Gasteiger partial charge in [0.1, 0.15) is 5.75 Å². The molecule has 0 aliphatic carbocycles. The molecule has 0 aliphatic rings. The summed E-state index contributed by atoms with van der Waals surface area (Å²) in [4.78, 5) is 19.1. The molecule has 4 heteroatoms. The highest BCUT2D eigenvalue weighted by Crippen LogP contribution is 2.18. The minimum Gasteiger partial charge on any atom is -0.439 e. The molecule has 2 aromatic rings. The average Bonchev–Trinajstić information content (AvgIpc) is 2.42. The number of aromatic nitrogens is 2. The summed E-state index contributed by atoms with van der Waals surface area (Å²) in [6, 6.07) is 6.72. The lowest BCUT2D eigenvalue weighted by Gasteiger charge is -2.04. The van der Waals surface area contributed by atoms with Crippen molar-refractivity contribution in [1.82, 2.24) is 9.97 Å². The molecule has 2 aromatic heterocycles. The van der Waals surface area contributed by atoms with Crippen LogP contribution in [0.4, 0.5) is 0 Å². The Morgan fingerprint density at radius 1 is 1.11 bits per heavy atom. The van der Waals surface area contributed by atoms with E-state index >= 15 is 0 Å². The molecule has 4 nitrogen and oxygen atoms in total. The van der Waals surface area contributed by atoms with Crippen LogP contribution in [-0.2, 0) is 0 Å². The Labute approximate surface area is 107 Å². The number of carbonyl (C=O) groups is 1. The molecule has 0 unspecified atom stereocenters. The van der Waals surface area contributed by atoms with E-state index in [1.807, 2.05) is 13.8 Å². The molecule has 0 bridgehead atoms. The van der Waals surface area contributed by atoms with Crippen molar-refractivity contribution in [1.29, 1.82) is 0 Å². The highest BCUT2D eigenvalue weighted by atomic mass is 16.5. The third kappa shape index (κ3) is 3.97. The van der Waals surface area contributed by atoms with Gasteiger partial charge in [-0.2, -0.15) is 0 Å². The maximum atomic E-state index is 11.2. The van der Waals surface area contributed by atoms with E-state index in [1.165, 1.54) is 6.92 Å². The minimum absolute atomic E-state index is 0.0121. The van der Waals surface area contributed by atoms with Crippen LogP contribution in [0.15, 0.2) is 42.9 Å². The van der Waals surface area contributed by atoms with E-state index < -0.39 is 0 Å². The number of nitrogens with zero attached hydrogens (tertiary/aromatic N) is 2. The van der Waals surface area contributed by atoms with Crippen LogP contribution in [-0.4, -0.2) is 15.8 Å². The van der Waals surface area contributed by atoms with Crippen LogP contribution in [0.25, 0.3) is 0 Å². The smallest absolute Gasteiger partial charge is 0.219 e. The normalized spacial score (nSPS) is 9.06. The predicted molar refractivity (Wildman–Crippen MR) is 69.9 cm³/mol. The molecule has 0 N–H and O–H groups in total. The third-order valence-electron chi connectivity index (χ3n) is 2.01. The second-order valence-electron chi connectivity index (χ2n) is 3.22. The van der Waals surface area contributed by atoms with Crippen LogP contribution in [0.5, 0.6) is 11.6 Å². The van der Waals surface area contributed by atoms with Gasteiger partial charge in [0.15, 0.2) is 5.78 Å². The van der Waals surface area contributed by atoms with Crippen LogP contribution in [0, 0.1) is 0 Å². The van der Waals surface area contributed by atoms with Crippen LogP contribution in [0.2, 0.25) is 0 Å². The number of carbonyl (C=O) groups excluding carboxylic acids is 1. The lowest BCUT2D eigenvalue weighted by molar-refractivity contribution is 0.101. The maximum Gasteiger partial charge on any atom is 0.219 e. The molecule has 0 saturated heterocycles. The highest BCUT2D eigenvalue weighted by Gasteiger charge is 2.03. The molecule has 0 radical (unpaired) electrons. The second-order valence-corrected chi connectivity index (χ2v) is 3.22. The van der Waals surface area contributed by atoms with Gasteiger partial charge in [-0.3, -0.25) is 9.78 Å². The summed E-state index contributed by atoms with van der Waals surface area (Å²) in [6.45, 7) is 5.51. The summed E-state index contributed by atoms with van der Waals surface area (Å²) in [7, 11) is 0. The van der Waals surface area contributed by atoms with Crippen LogP contribution >= 0.6 is 0 Å². The second kappa shape index (κ2) is 7.17. The largest absolute Gasteiger partial charge is 0.439 e. The summed E-state index contributed by atoms with van der Waals surface area (Å²) < 4.78 is 5.47. The summed E-state index contributed by atoms with van der Waals surface area (Å²) in [6.07, 6.45) is 4.81. The monoisotopic (exact) mass is 244 g/mol. The van der Waals surface area contributed by atoms with E-state index in [0.717, 1.165) is 0 Å². The first-order valence-corrected chi connectivity index (χ1v) is 5.80. The fourth-order valence-electron chi connectivity index (χ4n) is 1.21. The molecule has 0 amide bonds. The standard InChI is InChI=1S/C12H10N2O2.C2H6/c1-9(15)10-2-7-14-12(8-10)16-11-3-5-13-6-4-11;1-2/h2-8H,1H3;1-2H3. The van der Waals surface area contributed by atoms with Crippen molar-refractivity contribution in [2.45, 2.75) is 20.8 Å². The zero-order valence-electron chi connectivity index (χ0n) is 10.8. The fraction of sp³-hybridized carbons (Fsp3) is 0.214. The number of hydrogen-bond acceptors (Lipinski definition) is 4. The lowest BCUT2D eigenvalue weighted by atomic mass is 10.2. The Morgan fingerprint density at radius 3 is 2.39 bits per heavy atom. The molecule has 18 heavy (non-hydrogen) atoms. The van der Waals surface area contributed by atoms with E-state index in [9.17, 15) is 4.79 Å². The average molecular weight is 244 g/mol. The molecular weight excluding hydrogens is 228 g/mol. The minimum atomic E-state index is -0.0121. The molecule has 2 heterocycles. The van der Waals surface area contributed by atoms with E-state index in [4.69, 9.17) is 4.74 Å². The molecule has 94 valence electrons. The first kappa shape index (κ1) is 13.8. The van der Waals surface area contributed by atoms with Crippen LogP contribution in [0.1, 0.15) is 31.1 Å². The van der Waals surface area contributed by atoms with Crippen molar-refractivity contribution >= 4 is 5.78 Å². The molecule has 0 spiro atoms. The maximum absolute atomic E-state index is 11.2. The van der Waals surface area contributed by atoms with E-state index in [-0.39, 0.29) is 5.78 Å².